The molecule has 0 fully saturated rings. The number of nitrogens with one attached hydrogen (secondary N) is 1. The minimum Gasteiger partial charge on any atom is -0.340 e. The van der Waals surface area contributed by atoms with E-state index in [0.29, 0.717) is 11.9 Å². The third kappa shape index (κ3) is 5.26. The second-order valence-electron chi connectivity index (χ2n) is 4.81. The van der Waals surface area contributed by atoms with E-state index in [9.17, 15) is 0 Å². The monoisotopic (exact) mass is 225 g/mol. The molecule has 0 aliphatic carbocycles. The lowest BCUT2D eigenvalue weighted by molar-refractivity contribution is 0.385. The van der Waals surface area contributed by atoms with Crippen molar-refractivity contribution >= 4 is 0 Å². The van der Waals surface area contributed by atoms with Gasteiger partial charge in [-0.3, -0.25) is 0 Å². The summed E-state index contributed by atoms with van der Waals surface area (Å²) in [5.41, 5.74) is 0. The van der Waals surface area contributed by atoms with Crippen LogP contribution in [0.15, 0.2) is 4.52 Å². The Morgan fingerprint density at radius 2 is 2.00 bits per heavy atom. The highest BCUT2D eigenvalue weighted by Gasteiger charge is 2.05. The lowest BCUT2D eigenvalue weighted by atomic mass is 10.0. The molecular weight excluding hydrogens is 202 g/mol. The molecule has 0 bridgehead atoms. The second kappa shape index (κ2) is 6.63. The Bertz CT molecular complexity index is 296. The van der Waals surface area contributed by atoms with Crippen LogP contribution in [0.2, 0.25) is 0 Å². The van der Waals surface area contributed by atoms with Crippen LogP contribution in [-0.2, 0) is 6.42 Å². The molecule has 92 valence electrons. The van der Waals surface area contributed by atoms with Gasteiger partial charge >= 0.3 is 0 Å². The third-order valence-electron chi connectivity index (χ3n) is 2.59. The van der Waals surface area contributed by atoms with E-state index in [1.165, 1.54) is 12.8 Å². The molecule has 0 spiro atoms. The zero-order chi connectivity index (χ0) is 12.0. The van der Waals surface area contributed by atoms with Crippen molar-refractivity contribution in [2.75, 3.05) is 6.54 Å². The summed E-state index contributed by atoms with van der Waals surface area (Å²) < 4.78 is 4.91. The molecule has 1 heterocycles. The van der Waals surface area contributed by atoms with Gasteiger partial charge in [-0.2, -0.15) is 4.98 Å². The number of hydrogen-bond acceptors (Lipinski definition) is 4. The van der Waals surface area contributed by atoms with Gasteiger partial charge < -0.3 is 9.84 Å². The Morgan fingerprint density at radius 3 is 2.56 bits per heavy atom. The molecule has 4 heteroatoms. The van der Waals surface area contributed by atoms with Crippen LogP contribution < -0.4 is 5.32 Å². The second-order valence-corrected chi connectivity index (χ2v) is 4.81. The summed E-state index contributed by atoms with van der Waals surface area (Å²) in [4.78, 5) is 4.16. The van der Waals surface area contributed by atoms with Crippen LogP contribution in [0.3, 0.4) is 0 Å². The molecule has 4 nitrogen and oxygen atoms in total. The quantitative estimate of drug-likeness (QED) is 0.774. The number of aryl methyl sites for hydroxylation is 1. The van der Waals surface area contributed by atoms with Crippen molar-refractivity contribution in [2.24, 2.45) is 5.92 Å². The Hall–Kier alpha value is -0.900. The average Bonchev–Trinajstić information content (AvgIpc) is 2.61. The predicted octanol–water partition coefficient (Wildman–Crippen LogP) is 2.33. The van der Waals surface area contributed by atoms with Crippen molar-refractivity contribution in [1.82, 2.24) is 15.5 Å². The van der Waals surface area contributed by atoms with E-state index < -0.39 is 0 Å². The summed E-state index contributed by atoms with van der Waals surface area (Å²) in [6.45, 7) is 9.47. The Kier molecular flexibility index (Phi) is 5.46. The van der Waals surface area contributed by atoms with Gasteiger partial charge in [-0.1, -0.05) is 19.0 Å². The number of rotatable bonds is 7. The molecule has 0 saturated heterocycles. The minimum atomic E-state index is 0.565. The summed E-state index contributed by atoms with van der Waals surface area (Å²) in [6.07, 6.45) is 3.34. The van der Waals surface area contributed by atoms with Crippen molar-refractivity contribution in [3.05, 3.63) is 11.7 Å². The van der Waals surface area contributed by atoms with Crippen LogP contribution >= 0.6 is 0 Å². The lowest BCUT2D eigenvalue weighted by Crippen LogP contribution is -2.28. The molecule has 0 aromatic carbocycles. The highest BCUT2D eigenvalue weighted by Crippen LogP contribution is 2.06. The Labute approximate surface area is 97.8 Å². The molecule has 0 amide bonds. The van der Waals surface area contributed by atoms with E-state index >= 15 is 0 Å². The molecule has 1 rings (SSSR count). The maximum atomic E-state index is 4.91. The maximum absolute atomic E-state index is 4.91. The fourth-order valence-electron chi connectivity index (χ4n) is 1.56. The third-order valence-corrected chi connectivity index (χ3v) is 2.59. The molecule has 0 aliphatic heterocycles. The van der Waals surface area contributed by atoms with E-state index in [1.807, 2.05) is 6.92 Å². The Balaban J connectivity index is 2.10. The van der Waals surface area contributed by atoms with E-state index in [2.05, 4.69) is 36.2 Å². The summed E-state index contributed by atoms with van der Waals surface area (Å²) in [5.74, 6) is 2.22. The normalized spacial score (nSPS) is 13.3. The predicted molar refractivity (Wildman–Crippen MR) is 64.3 cm³/mol. The van der Waals surface area contributed by atoms with Crippen molar-refractivity contribution < 1.29 is 4.52 Å². The first kappa shape index (κ1) is 13.2. The van der Waals surface area contributed by atoms with Gasteiger partial charge in [0, 0.05) is 25.9 Å². The van der Waals surface area contributed by atoms with Crippen LogP contribution in [0.5, 0.6) is 0 Å². The van der Waals surface area contributed by atoms with Gasteiger partial charge in [0.25, 0.3) is 0 Å². The van der Waals surface area contributed by atoms with Crippen LogP contribution in [0.25, 0.3) is 0 Å². The van der Waals surface area contributed by atoms with E-state index in [-0.39, 0.29) is 0 Å². The minimum absolute atomic E-state index is 0.565. The molecule has 16 heavy (non-hydrogen) atoms. The van der Waals surface area contributed by atoms with Crippen molar-refractivity contribution in [2.45, 2.75) is 53.0 Å². The summed E-state index contributed by atoms with van der Waals surface area (Å²) in [5, 5.41) is 7.33. The van der Waals surface area contributed by atoms with Gasteiger partial charge in [0.05, 0.1) is 0 Å². The van der Waals surface area contributed by atoms with Gasteiger partial charge in [-0.05, 0) is 25.7 Å². The summed E-state index contributed by atoms with van der Waals surface area (Å²) >= 11 is 0. The summed E-state index contributed by atoms with van der Waals surface area (Å²) in [7, 11) is 0. The van der Waals surface area contributed by atoms with Gasteiger partial charge in [-0.15, -0.1) is 0 Å². The molecule has 0 radical (unpaired) electrons. The first-order chi connectivity index (χ1) is 7.58. The topological polar surface area (TPSA) is 51.0 Å². The standard InChI is InChI=1S/C12H23N3O/c1-9(2)5-6-10(3)13-8-7-12-14-11(4)16-15-12/h9-10,13H,5-8H2,1-4H3. The zero-order valence-corrected chi connectivity index (χ0v) is 10.8. The first-order valence-electron chi connectivity index (χ1n) is 6.10. The molecule has 0 saturated carbocycles. The molecule has 0 aliphatic rings. The van der Waals surface area contributed by atoms with Crippen LogP contribution in [0.4, 0.5) is 0 Å². The van der Waals surface area contributed by atoms with Gasteiger partial charge in [0.1, 0.15) is 0 Å². The molecule has 1 aromatic rings. The lowest BCUT2D eigenvalue weighted by Gasteiger charge is -2.14. The molecular formula is C12H23N3O. The molecule has 1 aromatic heterocycles. The highest BCUT2D eigenvalue weighted by molar-refractivity contribution is 4.84. The number of nitrogens with zero attached hydrogens (tertiary/aromatic N) is 2. The fourth-order valence-corrected chi connectivity index (χ4v) is 1.56. The van der Waals surface area contributed by atoms with Crippen LogP contribution in [0, 0.1) is 12.8 Å². The van der Waals surface area contributed by atoms with Gasteiger partial charge in [-0.25, -0.2) is 0 Å². The van der Waals surface area contributed by atoms with Crippen molar-refractivity contribution in [1.29, 1.82) is 0 Å². The fraction of sp³-hybridized carbons (Fsp3) is 0.833. The van der Waals surface area contributed by atoms with Gasteiger partial charge in [0.15, 0.2) is 5.82 Å². The van der Waals surface area contributed by atoms with Crippen LogP contribution in [-0.4, -0.2) is 22.7 Å². The van der Waals surface area contributed by atoms with E-state index in [0.717, 1.165) is 24.7 Å². The maximum Gasteiger partial charge on any atom is 0.223 e. The molecule has 1 atom stereocenters. The zero-order valence-electron chi connectivity index (χ0n) is 10.8. The smallest absolute Gasteiger partial charge is 0.223 e. The van der Waals surface area contributed by atoms with Crippen LogP contribution in [0.1, 0.15) is 45.3 Å². The average molecular weight is 225 g/mol. The van der Waals surface area contributed by atoms with Crippen molar-refractivity contribution in [3.63, 3.8) is 0 Å². The van der Waals surface area contributed by atoms with E-state index in [4.69, 9.17) is 4.52 Å². The van der Waals surface area contributed by atoms with Crippen molar-refractivity contribution in [3.8, 4) is 0 Å². The first-order valence-corrected chi connectivity index (χ1v) is 6.10. The molecule has 1 N–H and O–H groups in total. The Morgan fingerprint density at radius 1 is 1.25 bits per heavy atom. The van der Waals surface area contributed by atoms with Gasteiger partial charge in [0.2, 0.25) is 5.89 Å². The molecule has 1 unspecified atom stereocenters. The number of aromatic nitrogens is 2. The van der Waals surface area contributed by atoms with E-state index in [1.54, 1.807) is 0 Å². The summed E-state index contributed by atoms with van der Waals surface area (Å²) in [6, 6.07) is 0.565. The largest absolute Gasteiger partial charge is 0.340 e. The highest BCUT2D eigenvalue weighted by atomic mass is 16.5. The SMILES string of the molecule is Cc1nc(CCNC(C)CCC(C)C)no1. The number of hydrogen-bond donors (Lipinski definition) is 1.